The van der Waals surface area contributed by atoms with E-state index in [0.29, 0.717) is 6.61 Å². The molecule has 0 radical (unpaired) electrons. The van der Waals surface area contributed by atoms with E-state index in [1.807, 2.05) is 0 Å². The van der Waals surface area contributed by atoms with Gasteiger partial charge < -0.3 is 9.47 Å². The van der Waals surface area contributed by atoms with Gasteiger partial charge in [-0.05, 0) is 57.1 Å². The molecule has 1 fully saturated rings. The molecule has 0 aromatic heterocycles. The zero-order valence-electron chi connectivity index (χ0n) is 12.9. The predicted molar refractivity (Wildman–Crippen MR) is 81.6 cm³/mol. The second-order valence-corrected chi connectivity index (χ2v) is 5.41. The molecular weight excluding hydrogens is 252 g/mol. The molecule has 0 spiro atoms. The third-order valence-corrected chi connectivity index (χ3v) is 3.50. The first-order chi connectivity index (χ1) is 9.76. The first-order valence-corrected chi connectivity index (χ1v) is 7.78. The van der Waals surface area contributed by atoms with Crippen LogP contribution in [0.5, 0.6) is 0 Å². The van der Waals surface area contributed by atoms with Crippen LogP contribution in [0.4, 0.5) is 0 Å². The van der Waals surface area contributed by atoms with Crippen molar-refractivity contribution in [3.05, 3.63) is 23.3 Å². The molecule has 1 saturated heterocycles. The molecule has 3 nitrogen and oxygen atoms in total. The molecule has 0 amide bonds. The SMILES string of the molecule is CCC/C(C)=C\CC/C(=C\C=O)COC1CCCCO1. The molecule has 20 heavy (non-hydrogen) atoms. The van der Waals surface area contributed by atoms with E-state index in [4.69, 9.17) is 9.47 Å². The van der Waals surface area contributed by atoms with Crippen LogP contribution in [0.25, 0.3) is 0 Å². The molecule has 0 bridgehead atoms. The Morgan fingerprint density at radius 2 is 2.20 bits per heavy atom. The number of hydrogen-bond acceptors (Lipinski definition) is 3. The molecule has 0 aliphatic carbocycles. The standard InChI is InChI=1S/C17H28O3/c1-3-7-15(2)8-6-9-16(11-12-18)14-20-17-10-4-5-13-19-17/h8,11-12,17H,3-7,9-10,13-14H2,1-2H3/b15-8-,16-11+. The van der Waals surface area contributed by atoms with Gasteiger partial charge in [-0.1, -0.05) is 25.0 Å². The van der Waals surface area contributed by atoms with Crippen molar-refractivity contribution in [2.75, 3.05) is 13.2 Å². The van der Waals surface area contributed by atoms with Crippen LogP contribution < -0.4 is 0 Å². The lowest BCUT2D eigenvalue weighted by Crippen LogP contribution is -2.23. The normalized spacial score (nSPS) is 21.0. The van der Waals surface area contributed by atoms with E-state index < -0.39 is 0 Å². The van der Waals surface area contributed by atoms with Crippen LogP contribution in [-0.4, -0.2) is 25.8 Å². The smallest absolute Gasteiger partial charge is 0.158 e. The summed E-state index contributed by atoms with van der Waals surface area (Å²) in [7, 11) is 0. The fourth-order valence-electron chi connectivity index (χ4n) is 2.34. The number of rotatable bonds is 9. The summed E-state index contributed by atoms with van der Waals surface area (Å²) in [6.07, 6.45) is 12.1. The lowest BCUT2D eigenvalue weighted by Gasteiger charge is -2.23. The summed E-state index contributed by atoms with van der Waals surface area (Å²) in [6, 6.07) is 0. The lowest BCUT2D eigenvalue weighted by atomic mass is 10.1. The van der Waals surface area contributed by atoms with Crippen LogP contribution in [0.15, 0.2) is 23.3 Å². The second-order valence-electron chi connectivity index (χ2n) is 5.41. The predicted octanol–water partition coefficient (Wildman–Crippen LogP) is 4.18. The summed E-state index contributed by atoms with van der Waals surface area (Å²) in [5.41, 5.74) is 2.48. The van der Waals surface area contributed by atoms with Crippen LogP contribution in [0.3, 0.4) is 0 Å². The Kier molecular flexibility index (Phi) is 9.25. The van der Waals surface area contributed by atoms with Crippen molar-refractivity contribution in [2.24, 2.45) is 0 Å². The van der Waals surface area contributed by atoms with Gasteiger partial charge in [0.2, 0.25) is 0 Å². The van der Waals surface area contributed by atoms with E-state index in [2.05, 4.69) is 19.9 Å². The minimum Gasteiger partial charge on any atom is -0.353 e. The quantitative estimate of drug-likeness (QED) is 0.361. The van der Waals surface area contributed by atoms with Gasteiger partial charge in [0.15, 0.2) is 6.29 Å². The summed E-state index contributed by atoms with van der Waals surface area (Å²) < 4.78 is 11.3. The number of ether oxygens (including phenoxy) is 2. The average molecular weight is 280 g/mol. The fourth-order valence-corrected chi connectivity index (χ4v) is 2.34. The number of carbonyl (C=O) groups is 1. The van der Waals surface area contributed by atoms with Gasteiger partial charge in [-0.2, -0.15) is 0 Å². The first-order valence-electron chi connectivity index (χ1n) is 7.78. The van der Waals surface area contributed by atoms with E-state index in [0.717, 1.165) is 57.0 Å². The molecule has 3 heteroatoms. The molecule has 1 unspecified atom stereocenters. The maximum absolute atomic E-state index is 10.7. The Morgan fingerprint density at radius 3 is 2.85 bits per heavy atom. The van der Waals surface area contributed by atoms with Gasteiger partial charge in [-0.3, -0.25) is 4.79 Å². The molecule has 1 atom stereocenters. The van der Waals surface area contributed by atoms with Gasteiger partial charge in [0.1, 0.15) is 6.29 Å². The second kappa shape index (κ2) is 10.8. The Hall–Kier alpha value is -0.930. The van der Waals surface area contributed by atoms with Crippen molar-refractivity contribution in [1.29, 1.82) is 0 Å². The molecule has 1 heterocycles. The van der Waals surface area contributed by atoms with Gasteiger partial charge in [0.25, 0.3) is 0 Å². The summed E-state index contributed by atoms with van der Waals surface area (Å²) >= 11 is 0. The zero-order valence-corrected chi connectivity index (χ0v) is 12.9. The van der Waals surface area contributed by atoms with E-state index in [1.165, 1.54) is 12.0 Å². The van der Waals surface area contributed by atoms with Crippen molar-refractivity contribution >= 4 is 6.29 Å². The van der Waals surface area contributed by atoms with Crippen LogP contribution in [0, 0.1) is 0 Å². The van der Waals surface area contributed by atoms with Crippen LogP contribution in [-0.2, 0) is 14.3 Å². The summed E-state index contributed by atoms with van der Waals surface area (Å²) in [6.45, 7) is 5.65. The maximum atomic E-state index is 10.7. The Labute approximate surface area is 123 Å². The Morgan fingerprint density at radius 1 is 1.35 bits per heavy atom. The number of aldehydes is 1. The number of allylic oxidation sites excluding steroid dienone is 3. The number of carbonyl (C=O) groups excluding carboxylic acids is 1. The minimum atomic E-state index is -0.0869. The lowest BCUT2D eigenvalue weighted by molar-refractivity contribution is -0.157. The molecular formula is C17H28O3. The van der Waals surface area contributed by atoms with E-state index in [9.17, 15) is 4.79 Å². The fraction of sp³-hybridized carbons (Fsp3) is 0.706. The van der Waals surface area contributed by atoms with Crippen molar-refractivity contribution in [2.45, 2.75) is 65.1 Å². The summed E-state index contributed by atoms with van der Waals surface area (Å²) in [5.74, 6) is 0. The van der Waals surface area contributed by atoms with Gasteiger partial charge >= 0.3 is 0 Å². The van der Waals surface area contributed by atoms with Gasteiger partial charge in [-0.25, -0.2) is 0 Å². The number of hydrogen-bond donors (Lipinski definition) is 0. The molecule has 0 aromatic rings. The zero-order chi connectivity index (χ0) is 14.6. The van der Waals surface area contributed by atoms with E-state index in [-0.39, 0.29) is 6.29 Å². The van der Waals surface area contributed by atoms with Crippen molar-refractivity contribution in [3.63, 3.8) is 0 Å². The topological polar surface area (TPSA) is 35.5 Å². The highest BCUT2D eigenvalue weighted by atomic mass is 16.7. The Bertz CT molecular complexity index is 325. The highest BCUT2D eigenvalue weighted by Crippen LogP contribution is 2.16. The molecule has 1 rings (SSSR count). The average Bonchev–Trinajstić information content (AvgIpc) is 2.46. The van der Waals surface area contributed by atoms with E-state index >= 15 is 0 Å². The molecule has 0 aromatic carbocycles. The first kappa shape index (κ1) is 17.1. The van der Waals surface area contributed by atoms with Crippen molar-refractivity contribution in [3.8, 4) is 0 Å². The third-order valence-electron chi connectivity index (χ3n) is 3.50. The molecule has 1 aliphatic heterocycles. The molecule has 0 saturated carbocycles. The van der Waals surface area contributed by atoms with Crippen LogP contribution >= 0.6 is 0 Å². The van der Waals surface area contributed by atoms with Crippen molar-refractivity contribution in [1.82, 2.24) is 0 Å². The summed E-state index contributed by atoms with van der Waals surface area (Å²) in [4.78, 5) is 10.7. The largest absolute Gasteiger partial charge is 0.353 e. The maximum Gasteiger partial charge on any atom is 0.158 e. The highest BCUT2D eigenvalue weighted by molar-refractivity contribution is 5.66. The molecule has 0 N–H and O–H groups in total. The van der Waals surface area contributed by atoms with Gasteiger partial charge in [0.05, 0.1) is 6.61 Å². The molecule has 1 aliphatic rings. The highest BCUT2D eigenvalue weighted by Gasteiger charge is 2.14. The third kappa shape index (κ3) is 7.61. The van der Waals surface area contributed by atoms with Crippen molar-refractivity contribution < 1.29 is 14.3 Å². The molecule has 114 valence electrons. The van der Waals surface area contributed by atoms with Gasteiger partial charge in [0, 0.05) is 6.61 Å². The minimum absolute atomic E-state index is 0.0869. The van der Waals surface area contributed by atoms with Gasteiger partial charge in [-0.15, -0.1) is 0 Å². The van der Waals surface area contributed by atoms with E-state index in [1.54, 1.807) is 6.08 Å². The Balaban J connectivity index is 2.31. The van der Waals surface area contributed by atoms with Crippen LogP contribution in [0.1, 0.15) is 58.8 Å². The summed E-state index contributed by atoms with van der Waals surface area (Å²) in [5, 5.41) is 0. The monoisotopic (exact) mass is 280 g/mol. The van der Waals surface area contributed by atoms with Crippen LogP contribution in [0.2, 0.25) is 0 Å².